The number of carbonyl (C=O) groups excluding carboxylic acids is 1. The molecule has 0 aliphatic carbocycles. The molecule has 0 unspecified atom stereocenters. The van der Waals surface area contributed by atoms with Crippen molar-refractivity contribution in [1.82, 2.24) is 10.4 Å². The minimum absolute atomic E-state index is 0.264. The number of hydrazine groups is 1. The summed E-state index contributed by atoms with van der Waals surface area (Å²) in [6.07, 6.45) is 0. The molecule has 1 aliphatic heterocycles. The number of hydrogen-bond donors (Lipinski definition) is 1. The normalized spacial score (nSPS) is 14.3. The first kappa shape index (κ1) is 14.1. The molecule has 116 valence electrons. The molecule has 0 saturated heterocycles. The van der Waals surface area contributed by atoms with Gasteiger partial charge in [0.1, 0.15) is 11.3 Å². The third kappa shape index (κ3) is 2.76. The highest BCUT2D eigenvalue weighted by atomic mass is 35.5. The van der Waals surface area contributed by atoms with Crippen LogP contribution in [0, 0.1) is 0 Å². The molecule has 1 aliphatic rings. The Balaban J connectivity index is 1.51. The molecule has 3 aromatic rings. The Morgan fingerprint density at radius 1 is 1.17 bits per heavy atom. The third-order valence-electron chi connectivity index (χ3n) is 3.67. The summed E-state index contributed by atoms with van der Waals surface area (Å²) in [7, 11) is 0. The molecular weight excluding hydrogens is 316 g/mol. The van der Waals surface area contributed by atoms with Crippen LogP contribution in [0.5, 0.6) is 5.75 Å². The Bertz CT molecular complexity index is 857. The molecular formula is C17H13ClN2O3. The van der Waals surface area contributed by atoms with E-state index in [-0.39, 0.29) is 18.4 Å². The van der Waals surface area contributed by atoms with E-state index in [0.29, 0.717) is 17.2 Å². The summed E-state index contributed by atoms with van der Waals surface area (Å²) in [6.45, 7) is 0.780. The first-order chi connectivity index (χ1) is 11.2. The summed E-state index contributed by atoms with van der Waals surface area (Å²) >= 11 is 5.99. The van der Waals surface area contributed by atoms with Gasteiger partial charge in [0.25, 0.3) is 0 Å². The molecule has 0 atom stereocenters. The maximum atomic E-state index is 12.3. The van der Waals surface area contributed by atoms with E-state index in [1.165, 1.54) is 0 Å². The number of benzene rings is 2. The first-order valence-corrected chi connectivity index (χ1v) is 7.52. The number of nitrogens with zero attached hydrogens (tertiary/aromatic N) is 1. The molecule has 0 radical (unpaired) electrons. The van der Waals surface area contributed by atoms with Crippen LogP contribution in [0.4, 0.5) is 0 Å². The van der Waals surface area contributed by atoms with E-state index in [1.54, 1.807) is 17.1 Å². The Morgan fingerprint density at radius 3 is 2.91 bits per heavy atom. The maximum Gasteiger partial charge on any atom is 0.301 e. The van der Waals surface area contributed by atoms with Gasteiger partial charge in [-0.05, 0) is 30.3 Å². The van der Waals surface area contributed by atoms with Gasteiger partial charge in [-0.25, -0.2) is 0 Å². The van der Waals surface area contributed by atoms with Crippen molar-refractivity contribution in [3.05, 3.63) is 64.9 Å². The summed E-state index contributed by atoms with van der Waals surface area (Å²) in [5.41, 5.74) is 4.40. The third-order valence-corrected chi connectivity index (χ3v) is 3.90. The Kier molecular flexibility index (Phi) is 3.44. The fraction of sp³-hybridized carbons (Fsp3) is 0.118. The molecule has 5 nitrogen and oxygen atoms in total. The number of fused-ring (bicyclic) bond motifs is 2. The summed E-state index contributed by atoms with van der Waals surface area (Å²) in [5.74, 6) is 0.738. The van der Waals surface area contributed by atoms with Crippen LogP contribution in [0.2, 0.25) is 5.02 Å². The summed E-state index contributed by atoms with van der Waals surface area (Å²) in [4.78, 5) is 12.3. The monoisotopic (exact) mass is 328 g/mol. The van der Waals surface area contributed by atoms with Gasteiger partial charge in [0.15, 0.2) is 12.5 Å². The Morgan fingerprint density at radius 2 is 2.04 bits per heavy atom. The van der Waals surface area contributed by atoms with E-state index in [2.05, 4.69) is 5.43 Å². The van der Waals surface area contributed by atoms with Gasteiger partial charge < -0.3 is 9.15 Å². The summed E-state index contributed by atoms with van der Waals surface area (Å²) in [6, 6.07) is 14.7. The van der Waals surface area contributed by atoms with E-state index in [0.717, 1.165) is 16.7 Å². The number of furan rings is 1. The number of amides is 1. The van der Waals surface area contributed by atoms with Gasteiger partial charge in [0.05, 0.1) is 6.54 Å². The van der Waals surface area contributed by atoms with Gasteiger partial charge in [0.2, 0.25) is 0 Å². The lowest BCUT2D eigenvalue weighted by atomic mass is 10.2. The van der Waals surface area contributed by atoms with Gasteiger partial charge in [0, 0.05) is 16.0 Å². The quantitative estimate of drug-likeness (QED) is 0.781. The second kappa shape index (κ2) is 5.61. The fourth-order valence-corrected chi connectivity index (χ4v) is 2.77. The van der Waals surface area contributed by atoms with E-state index >= 15 is 0 Å². The van der Waals surface area contributed by atoms with Crippen LogP contribution in [-0.2, 0) is 6.54 Å². The molecule has 0 spiro atoms. The van der Waals surface area contributed by atoms with Crippen molar-refractivity contribution < 1.29 is 13.9 Å². The minimum atomic E-state index is -0.310. The molecule has 1 amide bonds. The average Bonchev–Trinajstić information content (AvgIpc) is 2.98. The smallest absolute Gasteiger partial charge is 0.301 e. The van der Waals surface area contributed by atoms with Gasteiger partial charge in [-0.15, -0.1) is 0 Å². The molecule has 6 heteroatoms. The van der Waals surface area contributed by atoms with Crippen LogP contribution in [0.25, 0.3) is 11.0 Å². The molecule has 0 fully saturated rings. The van der Waals surface area contributed by atoms with Gasteiger partial charge in [-0.3, -0.25) is 10.2 Å². The lowest BCUT2D eigenvalue weighted by molar-refractivity contribution is 0.0375. The second-order valence-electron chi connectivity index (χ2n) is 5.31. The topological polar surface area (TPSA) is 54.7 Å². The zero-order chi connectivity index (χ0) is 15.8. The molecule has 4 rings (SSSR count). The van der Waals surface area contributed by atoms with Gasteiger partial charge >= 0.3 is 5.91 Å². The highest BCUT2D eigenvalue weighted by Crippen LogP contribution is 2.27. The van der Waals surface area contributed by atoms with Crippen molar-refractivity contribution >= 4 is 28.5 Å². The molecule has 0 saturated carbocycles. The van der Waals surface area contributed by atoms with Crippen molar-refractivity contribution in [2.75, 3.05) is 6.73 Å². The van der Waals surface area contributed by atoms with Crippen molar-refractivity contribution in [3.8, 4) is 5.75 Å². The zero-order valence-corrected chi connectivity index (χ0v) is 12.8. The minimum Gasteiger partial charge on any atom is -0.476 e. The largest absolute Gasteiger partial charge is 0.476 e. The lowest BCUT2D eigenvalue weighted by Crippen LogP contribution is -2.45. The number of rotatable bonds is 2. The second-order valence-corrected chi connectivity index (χ2v) is 5.75. The van der Waals surface area contributed by atoms with Crippen molar-refractivity contribution in [2.24, 2.45) is 0 Å². The van der Waals surface area contributed by atoms with Crippen LogP contribution in [-0.4, -0.2) is 17.6 Å². The van der Waals surface area contributed by atoms with Crippen LogP contribution in [0.15, 0.2) is 52.9 Å². The van der Waals surface area contributed by atoms with Crippen LogP contribution >= 0.6 is 11.6 Å². The predicted octanol–water partition coefficient (Wildman–Crippen LogP) is 3.58. The summed E-state index contributed by atoms with van der Waals surface area (Å²) < 4.78 is 11.2. The molecule has 2 heterocycles. The number of halogens is 1. The molecule has 1 aromatic heterocycles. The van der Waals surface area contributed by atoms with Crippen LogP contribution < -0.4 is 10.2 Å². The zero-order valence-electron chi connectivity index (χ0n) is 12.1. The molecule has 0 bridgehead atoms. The van der Waals surface area contributed by atoms with Crippen molar-refractivity contribution in [1.29, 1.82) is 0 Å². The number of para-hydroxylation sites is 1. The van der Waals surface area contributed by atoms with E-state index in [9.17, 15) is 4.79 Å². The van der Waals surface area contributed by atoms with Crippen LogP contribution in [0.3, 0.4) is 0 Å². The molecule has 23 heavy (non-hydrogen) atoms. The first-order valence-electron chi connectivity index (χ1n) is 7.15. The van der Waals surface area contributed by atoms with Crippen molar-refractivity contribution in [3.63, 3.8) is 0 Å². The standard InChI is InChI=1S/C17H13ClN2O3/c18-13-5-6-14-12(7-13)9-20(10-22-14)19-17(21)16-8-11-3-1-2-4-15(11)23-16/h1-8H,9-10H2,(H,19,21). The highest BCUT2D eigenvalue weighted by Gasteiger charge is 2.21. The van der Waals surface area contributed by atoms with E-state index in [4.69, 9.17) is 20.8 Å². The average molecular weight is 329 g/mol. The van der Waals surface area contributed by atoms with Gasteiger partial charge in [-0.2, -0.15) is 5.01 Å². The Labute approximate surface area is 137 Å². The number of nitrogens with one attached hydrogen (secondary N) is 1. The highest BCUT2D eigenvalue weighted by molar-refractivity contribution is 6.30. The SMILES string of the molecule is O=C(NN1COc2ccc(Cl)cc2C1)c1cc2ccccc2o1. The molecule has 1 N–H and O–H groups in total. The van der Waals surface area contributed by atoms with Gasteiger partial charge in [-0.1, -0.05) is 29.8 Å². The Hall–Kier alpha value is -2.50. The fourth-order valence-electron chi connectivity index (χ4n) is 2.58. The lowest BCUT2D eigenvalue weighted by Gasteiger charge is -2.28. The number of ether oxygens (including phenoxy) is 1. The van der Waals surface area contributed by atoms with E-state index in [1.807, 2.05) is 36.4 Å². The van der Waals surface area contributed by atoms with E-state index < -0.39 is 0 Å². The summed E-state index contributed by atoms with van der Waals surface area (Å²) in [5, 5.41) is 3.20. The number of carbonyl (C=O) groups is 1. The van der Waals surface area contributed by atoms with Crippen molar-refractivity contribution in [2.45, 2.75) is 6.54 Å². The van der Waals surface area contributed by atoms with Crippen LogP contribution in [0.1, 0.15) is 16.1 Å². The molecule has 2 aromatic carbocycles. The number of hydrogen-bond acceptors (Lipinski definition) is 4. The predicted molar refractivity (Wildman–Crippen MR) is 86.2 cm³/mol. The maximum absolute atomic E-state index is 12.3.